The van der Waals surface area contributed by atoms with Crippen LogP contribution in [0.3, 0.4) is 0 Å². The first kappa shape index (κ1) is 9.67. The van der Waals surface area contributed by atoms with Gasteiger partial charge in [0.25, 0.3) is 5.91 Å². The van der Waals surface area contributed by atoms with Gasteiger partial charge < -0.3 is 5.11 Å². The van der Waals surface area contributed by atoms with Crippen molar-refractivity contribution >= 4 is 11.5 Å². The van der Waals surface area contributed by atoms with E-state index in [4.69, 9.17) is 5.11 Å². The first-order chi connectivity index (χ1) is 7.24. The quantitative estimate of drug-likeness (QED) is 0.797. The van der Waals surface area contributed by atoms with Crippen LogP contribution in [0, 0.1) is 5.82 Å². The van der Waals surface area contributed by atoms with Crippen LogP contribution in [0.5, 0.6) is 0 Å². The molecule has 0 unspecified atom stereocenters. The van der Waals surface area contributed by atoms with Gasteiger partial charge in [0.15, 0.2) is 0 Å². The second kappa shape index (κ2) is 3.70. The minimum Gasteiger partial charge on any atom is -0.390 e. The van der Waals surface area contributed by atoms with Crippen molar-refractivity contribution in [1.29, 1.82) is 0 Å². The molecule has 0 radical (unpaired) electrons. The first-order valence-corrected chi connectivity index (χ1v) is 4.29. The van der Waals surface area contributed by atoms with Gasteiger partial charge in [0.1, 0.15) is 11.5 Å². The van der Waals surface area contributed by atoms with Gasteiger partial charge in [0, 0.05) is 5.56 Å². The van der Waals surface area contributed by atoms with E-state index in [-0.39, 0.29) is 16.8 Å². The van der Waals surface area contributed by atoms with Crippen molar-refractivity contribution in [3.63, 3.8) is 0 Å². The molecule has 0 aromatic heterocycles. The van der Waals surface area contributed by atoms with Crippen molar-refractivity contribution in [2.45, 2.75) is 0 Å². The average Bonchev–Trinajstić information content (AvgIpc) is 2.60. The molecule has 0 bridgehead atoms. The number of amides is 1. The van der Waals surface area contributed by atoms with Gasteiger partial charge in [-0.1, -0.05) is 18.2 Å². The van der Waals surface area contributed by atoms with Crippen LogP contribution >= 0.6 is 0 Å². The SMILES string of the molecule is O=C1N=NC(CO)=C1c1ccccc1F. The highest BCUT2D eigenvalue weighted by Gasteiger charge is 2.24. The van der Waals surface area contributed by atoms with Crippen molar-refractivity contribution < 1.29 is 14.3 Å². The maximum Gasteiger partial charge on any atom is 0.298 e. The Morgan fingerprint density at radius 2 is 2.00 bits per heavy atom. The van der Waals surface area contributed by atoms with Crippen molar-refractivity contribution in [3.8, 4) is 0 Å². The first-order valence-electron chi connectivity index (χ1n) is 4.29. The predicted octanol–water partition coefficient (Wildman–Crippen LogP) is 1.52. The van der Waals surface area contributed by atoms with E-state index >= 15 is 0 Å². The molecular formula is C10H7FN2O2. The van der Waals surface area contributed by atoms with Crippen molar-refractivity contribution in [1.82, 2.24) is 0 Å². The Labute approximate surface area is 84.8 Å². The van der Waals surface area contributed by atoms with Crippen LogP contribution < -0.4 is 0 Å². The van der Waals surface area contributed by atoms with E-state index in [0.717, 1.165) is 0 Å². The molecule has 0 spiro atoms. The summed E-state index contributed by atoms with van der Waals surface area (Å²) in [5.41, 5.74) is 0.261. The van der Waals surface area contributed by atoms with Crippen LogP contribution in [0.2, 0.25) is 0 Å². The van der Waals surface area contributed by atoms with E-state index in [2.05, 4.69) is 10.2 Å². The summed E-state index contributed by atoms with van der Waals surface area (Å²) in [4.78, 5) is 11.3. The van der Waals surface area contributed by atoms with Gasteiger partial charge in [0.05, 0.1) is 12.2 Å². The molecular weight excluding hydrogens is 199 g/mol. The van der Waals surface area contributed by atoms with Gasteiger partial charge in [-0.05, 0) is 6.07 Å². The Bertz CT molecular complexity index is 480. The third-order valence-electron chi connectivity index (χ3n) is 2.06. The zero-order valence-corrected chi connectivity index (χ0v) is 7.64. The Morgan fingerprint density at radius 3 is 2.67 bits per heavy atom. The highest BCUT2D eigenvalue weighted by Crippen LogP contribution is 2.27. The second-order valence-corrected chi connectivity index (χ2v) is 2.96. The van der Waals surface area contributed by atoms with Crippen molar-refractivity contribution in [3.05, 3.63) is 41.3 Å². The maximum atomic E-state index is 13.4. The van der Waals surface area contributed by atoms with E-state index in [1.807, 2.05) is 0 Å². The van der Waals surface area contributed by atoms with Gasteiger partial charge in [-0.15, -0.1) is 10.2 Å². The molecule has 1 aromatic carbocycles. The van der Waals surface area contributed by atoms with E-state index < -0.39 is 18.3 Å². The molecule has 1 N–H and O–H groups in total. The number of aliphatic hydroxyl groups excluding tert-OH is 1. The topological polar surface area (TPSA) is 62.0 Å². The van der Waals surface area contributed by atoms with E-state index in [1.165, 1.54) is 18.2 Å². The zero-order valence-electron chi connectivity index (χ0n) is 7.64. The average molecular weight is 206 g/mol. The Kier molecular flexibility index (Phi) is 2.39. The number of benzene rings is 1. The molecule has 1 amide bonds. The van der Waals surface area contributed by atoms with E-state index in [1.54, 1.807) is 6.07 Å². The fourth-order valence-corrected chi connectivity index (χ4v) is 1.37. The third-order valence-corrected chi connectivity index (χ3v) is 2.06. The summed E-state index contributed by atoms with van der Waals surface area (Å²) in [6, 6.07) is 5.81. The lowest BCUT2D eigenvalue weighted by atomic mass is 10.0. The van der Waals surface area contributed by atoms with Crippen molar-refractivity contribution in [2.75, 3.05) is 6.61 Å². The normalized spacial score (nSPS) is 15.2. The van der Waals surface area contributed by atoms with Crippen molar-refractivity contribution in [2.24, 2.45) is 10.2 Å². The van der Waals surface area contributed by atoms with E-state index in [9.17, 15) is 9.18 Å². The smallest absolute Gasteiger partial charge is 0.298 e. The van der Waals surface area contributed by atoms with Crippen LogP contribution in [0.15, 0.2) is 40.2 Å². The van der Waals surface area contributed by atoms with E-state index in [0.29, 0.717) is 0 Å². The molecule has 0 saturated carbocycles. The van der Waals surface area contributed by atoms with Crippen LogP contribution in [0.4, 0.5) is 4.39 Å². The van der Waals surface area contributed by atoms with Gasteiger partial charge in [-0.25, -0.2) is 4.39 Å². The molecule has 0 atom stereocenters. The molecule has 2 rings (SSSR count). The Hall–Kier alpha value is -1.88. The third kappa shape index (κ3) is 1.57. The molecule has 1 aliphatic heterocycles. The standard InChI is InChI=1S/C10H7FN2O2/c11-7-4-2-1-3-6(7)9-8(5-14)12-13-10(9)15/h1-4,14H,5H2. The summed E-state index contributed by atoms with van der Waals surface area (Å²) in [7, 11) is 0. The summed E-state index contributed by atoms with van der Waals surface area (Å²) >= 11 is 0. The summed E-state index contributed by atoms with van der Waals surface area (Å²) in [6.45, 7) is -0.432. The molecule has 1 heterocycles. The largest absolute Gasteiger partial charge is 0.390 e. The molecule has 1 aliphatic rings. The number of hydrogen-bond acceptors (Lipinski definition) is 3. The lowest BCUT2D eigenvalue weighted by Gasteiger charge is -2.02. The minimum atomic E-state index is -0.621. The number of azo groups is 1. The predicted molar refractivity (Wildman–Crippen MR) is 50.3 cm³/mol. The van der Waals surface area contributed by atoms with Gasteiger partial charge in [-0.2, -0.15) is 0 Å². The molecule has 0 fully saturated rings. The highest BCUT2D eigenvalue weighted by molar-refractivity contribution is 6.22. The second-order valence-electron chi connectivity index (χ2n) is 2.96. The van der Waals surface area contributed by atoms with Crippen LogP contribution in [0.1, 0.15) is 5.56 Å². The fourth-order valence-electron chi connectivity index (χ4n) is 1.37. The fraction of sp³-hybridized carbons (Fsp3) is 0.100. The highest BCUT2D eigenvalue weighted by atomic mass is 19.1. The molecule has 5 heteroatoms. The molecule has 1 aromatic rings. The zero-order chi connectivity index (χ0) is 10.8. The monoisotopic (exact) mass is 206 g/mol. The minimum absolute atomic E-state index is 0.0376. The number of hydrogen-bond donors (Lipinski definition) is 1. The molecule has 76 valence electrons. The molecule has 0 saturated heterocycles. The molecule has 15 heavy (non-hydrogen) atoms. The number of aliphatic hydroxyl groups is 1. The van der Waals surface area contributed by atoms with Crippen LogP contribution in [-0.4, -0.2) is 17.6 Å². The maximum absolute atomic E-state index is 13.4. The number of carbonyl (C=O) groups is 1. The van der Waals surface area contributed by atoms with Gasteiger partial charge in [0.2, 0.25) is 0 Å². The van der Waals surface area contributed by atoms with Gasteiger partial charge >= 0.3 is 0 Å². The molecule has 0 aliphatic carbocycles. The number of halogens is 1. The number of nitrogens with zero attached hydrogens (tertiary/aromatic N) is 2. The Balaban J connectivity index is 2.57. The summed E-state index contributed by atoms with van der Waals surface area (Å²) < 4.78 is 13.4. The number of carbonyl (C=O) groups excluding carboxylic acids is 1. The Morgan fingerprint density at radius 1 is 1.27 bits per heavy atom. The summed E-state index contributed by atoms with van der Waals surface area (Å²) in [6.07, 6.45) is 0. The number of rotatable bonds is 2. The molecule has 4 nitrogen and oxygen atoms in total. The summed E-state index contributed by atoms with van der Waals surface area (Å²) in [5, 5.41) is 15.7. The van der Waals surface area contributed by atoms with Crippen LogP contribution in [-0.2, 0) is 4.79 Å². The van der Waals surface area contributed by atoms with Gasteiger partial charge in [-0.3, -0.25) is 4.79 Å². The lowest BCUT2D eigenvalue weighted by Crippen LogP contribution is -2.00. The lowest BCUT2D eigenvalue weighted by molar-refractivity contribution is -0.112. The summed E-state index contributed by atoms with van der Waals surface area (Å²) in [5.74, 6) is -1.15. The van der Waals surface area contributed by atoms with Crippen LogP contribution in [0.25, 0.3) is 5.57 Å².